The summed E-state index contributed by atoms with van der Waals surface area (Å²) in [5.41, 5.74) is 8.34. The average molecular weight is 274 g/mol. The lowest BCUT2D eigenvalue weighted by Crippen LogP contribution is -2.45. The lowest BCUT2D eigenvalue weighted by Gasteiger charge is -2.30. The zero-order chi connectivity index (χ0) is 14.7. The zero-order valence-corrected chi connectivity index (χ0v) is 12.1. The number of rotatable bonds is 4. The smallest absolute Gasteiger partial charge is 0.229 e. The third kappa shape index (κ3) is 3.25. The summed E-state index contributed by atoms with van der Waals surface area (Å²) in [6, 6.07) is 7.71. The Morgan fingerprint density at radius 3 is 2.25 bits per heavy atom. The van der Waals surface area contributed by atoms with Crippen molar-refractivity contribution in [3.8, 4) is 0 Å². The summed E-state index contributed by atoms with van der Waals surface area (Å²) in [6.07, 6.45) is 1.86. The van der Waals surface area contributed by atoms with Gasteiger partial charge in [-0.1, -0.05) is 38.1 Å². The molecule has 1 aromatic carbocycles. The number of hydrogen-bond donors (Lipinski definition) is 1. The Balaban J connectivity index is 2.04. The van der Waals surface area contributed by atoms with Gasteiger partial charge in [-0.05, 0) is 23.5 Å². The van der Waals surface area contributed by atoms with Crippen molar-refractivity contribution in [2.75, 3.05) is 6.54 Å². The minimum Gasteiger partial charge on any atom is -0.322 e. The van der Waals surface area contributed by atoms with E-state index in [9.17, 15) is 9.59 Å². The Kier molecular flexibility index (Phi) is 4.55. The van der Waals surface area contributed by atoms with Crippen LogP contribution < -0.4 is 5.73 Å². The van der Waals surface area contributed by atoms with Crippen molar-refractivity contribution in [1.29, 1.82) is 0 Å². The molecule has 1 saturated heterocycles. The maximum atomic E-state index is 11.9. The first kappa shape index (κ1) is 14.7. The number of nitrogens with zero attached hydrogens (tertiary/aromatic N) is 1. The fourth-order valence-corrected chi connectivity index (χ4v) is 2.53. The molecule has 2 N–H and O–H groups in total. The molecule has 0 bridgehead atoms. The van der Waals surface area contributed by atoms with Crippen LogP contribution >= 0.6 is 0 Å². The standard InChI is InChI=1S/C16H22N2O2/c1-3-12-4-6-13(7-5-12)14(17)10-18-15(19)8-11(2)9-16(18)20/h4-7,11,14H,3,8-10,17H2,1-2H3. The molecule has 20 heavy (non-hydrogen) atoms. The largest absolute Gasteiger partial charge is 0.322 e. The minimum atomic E-state index is -0.317. The number of carbonyl (C=O) groups is 2. The van der Waals surface area contributed by atoms with Crippen LogP contribution in [0.25, 0.3) is 0 Å². The van der Waals surface area contributed by atoms with Crippen molar-refractivity contribution < 1.29 is 9.59 Å². The number of nitrogens with two attached hydrogens (primary N) is 1. The lowest BCUT2D eigenvalue weighted by atomic mass is 9.96. The molecule has 0 spiro atoms. The molecule has 1 unspecified atom stereocenters. The van der Waals surface area contributed by atoms with Crippen LogP contribution in [0.2, 0.25) is 0 Å². The second-order valence-corrected chi connectivity index (χ2v) is 5.61. The second kappa shape index (κ2) is 6.18. The molecule has 1 fully saturated rings. The zero-order valence-electron chi connectivity index (χ0n) is 12.1. The van der Waals surface area contributed by atoms with E-state index in [0.717, 1.165) is 12.0 Å². The van der Waals surface area contributed by atoms with Gasteiger partial charge in [0.1, 0.15) is 0 Å². The number of aryl methyl sites for hydroxylation is 1. The highest BCUT2D eigenvalue weighted by molar-refractivity contribution is 5.97. The molecule has 108 valence electrons. The summed E-state index contributed by atoms with van der Waals surface area (Å²) in [6.45, 7) is 4.30. The van der Waals surface area contributed by atoms with Crippen molar-refractivity contribution in [3.05, 3.63) is 35.4 Å². The van der Waals surface area contributed by atoms with E-state index < -0.39 is 0 Å². The van der Waals surface area contributed by atoms with Gasteiger partial charge in [0, 0.05) is 25.4 Å². The summed E-state index contributed by atoms with van der Waals surface area (Å²) >= 11 is 0. The van der Waals surface area contributed by atoms with Crippen LogP contribution in [0.1, 0.15) is 43.9 Å². The van der Waals surface area contributed by atoms with Crippen LogP contribution in [0, 0.1) is 5.92 Å². The molecule has 0 saturated carbocycles. The average Bonchev–Trinajstić information content (AvgIpc) is 2.42. The molecular weight excluding hydrogens is 252 g/mol. The van der Waals surface area contributed by atoms with E-state index in [-0.39, 0.29) is 30.3 Å². The van der Waals surface area contributed by atoms with Crippen LogP contribution in [-0.4, -0.2) is 23.3 Å². The maximum absolute atomic E-state index is 11.9. The number of benzene rings is 1. The third-order valence-corrected chi connectivity index (χ3v) is 3.84. The Bertz CT molecular complexity index is 478. The van der Waals surface area contributed by atoms with Crippen molar-refractivity contribution >= 4 is 11.8 Å². The van der Waals surface area contributed by atoms with E-state index in [4.69, 9.17) is 5.73 Å². The first-order chi connectivity index (χ1) is 9.51. The normalized spacial score (nSPS) is 18.4. The number of carbonyl (C=O) groups excluding carboxylic acids is 2. The van der Waals surface area contributed by atoms with Gasteiger partial charge in [0.05, 0.1) is 0 Å². The summed E-state index contributed by atoms with van der Waals surface area (Å²) in [5, 5.41) is 0. The second-order valence-electron chi connectivity index (χ2n) is 5.61. The molecule has 1 aromatic rings. The third-order valence-electron chi connectivity index (χ3n) is 3.84. The van der Waals surface area contributed by atoms with Gasteiger partial charge in [0.25, 0.3) is 0 Å². The molecule has 4 heteroatoms. The highest BCUT2D eigenvalue weighted by Crippen LogP contribution is 2.21. The van der Waals surface area contributed by atoms with Gasteiger partial charge in [0.2, 0.25) is 11.8 Å². The summed E-state index contributed by atoms with van der Waals surface area (Å²) in [4.78, 5) is 25.2. The maximum Gasteiger partial charge on any atom is 0.229 e. The monoisotopic (exact) mass is 274 g/mol. The minimum absolute atomic E-state index is 0.102. The number of imide groups is 1. The predicted molar refractivity (Wildman–Crippen MR) is 77.9 cm³/mol. The fourth-order valence-electron chi connectivity index (χ4n) is 2.53. The van der Waals surface area contributed by atoms with Gasteiger partial charge in [0.15, 0.2) is 0 Å². The molecule has 1 atom stereocenters. The summed E-state index contributed by atoms with van der Waals surface area (Å²) in [5.74, 6) is -0.0601. The van der Waals surface area contributed by atoms with Crippen molar-refractivity contribution in [1.82, 2.24) is 4.90 Å². The molecule has 0 radical (unpaired) electrons. The van der Waals surface area contributed by atoms with E-state index in [0.29, 0.717) is 12.8 Å². The highest BCUT2D eigenvalue weighted by Gasteiger charge is 2.31. The molecule has 1 aliphatic heterocycles. The fraction of sp³-hybridized carbons (Fsp3) is 0.500. The first-order valence-corrected chi connectivity index (χ1v) is 7.18. The predicted octanol–water partition coefficient (Wildman–Crippen LogP) is 2.03. The number of amides is 2. The molecule has 1 aliphatic rings. The molecule has 4 nitrogen and oxygen atoms in total. The Hall–Kier alpha value is -1.68. The van der Waals surface area contributed by atoms with Crippen molar-refractivity contribution in [2.45, 2.75) is 39.2 Å². The van der Waals surface area contributed by atoms with Crippen LogP contribution in [-0.2, 0) is 16.0 Å². The Morgan fingerprint density at radius 2 is 1.75 bits per heavy atom. The summed E-state index contributed by atoms with van der Waals surface area (Å²) < 4.78 is 0. The topological polar surface area (TPSA) is 63.4 Å². The molecule has 0 aliphatic carbocycles. The lowest BCUT2D eigenvalue weighted by molar-refractivity contribution is -0.150. The Morgan fingerprint density at radius 1 is 1.20 bits per heavy atom. The Labute approximate surface area is 119 Å². The van der Waals surface area contributed by atoms with Crippen LogP contribution in [0.5, 0.6) is 0 Å². The molecular formula is C16H22N2O2. The van der Waals surface area contributed by atoms with Gasteiger partial charge in [-0.3, -0.25) is 14.5 Å². The van der Waals surface area contributed by atoms with E-state index in [1.165, 1.54) is 10.5 Å². The van der Waals surface area contributed by atoms with Crippen molar-refractivity contribution in [2.24, 2.45) is 11.7 Å². The van der Waals surface area contributed by atoms with Gasteiger partial charge >= 0.3 is 0 Å². The van der Waals surface area contributed by atoms with Crippen LogP contribution in [0.3, 0.4) is 0 Å². The van der Waals surface area contributed by atoms with Gasteiger partial charge in [-0.15, -0.1) is 0 Å². The molecule has 2 rings (SSSR count). The van der Waals surface area contributed by atoms with Gasteiger partial charge in [-0.2, -0.15) is 0 Å². The SMILES string of the molecule is CCc1ccc(C(N)CN2C(=O)CC(C)CC2=O)cc1. The molecule has 1 heterocycles. The number of hydrogen-bond acceptors (Lipinski definition) is 3. The van der Waals surface area contributed by atoms with Gasteiger partial charge < -0.3 is 5.73 Å². The van der Waals surface area contributed by atoms with E-state index in [2.05, 4.69) is 6.92 Å². The summed E-state index contributed by atoms with van der Waals surface area (Å²) in [7, 11) is 0. The van der Waals surface area contributed by atoms with Crippen LogP contribution in [0.15, 0.2) is 24.3 Å². The molecule has 2 amide bonds. The van der Waals surface area contributed by atoms with E-state index in [1.807, 2.05) is 31.2 Å². The molecule has 0 aromatic heterocycles. The number of likely N-dealkylation sites (tertiary alicyclic amines) is 1. The quantitative estimate of drug-likeness (QED) is 0.854. The number of piperidine rings is 1. The first-order valence-electron chi connectivity index (χ1n) is 7.18. The van der Waals surface area contributed by atoms with Gasteiger partial charge in [-0.25, -0.2) is 0 Å². The highest BCUT2D eigenvalue weighted by atomic mass is 16.2. The van der Waals surface area contributed by atoms with E-state index in [1.54, 1.807) is 0 Å². The van der Waals surface area contributed by atoms with E-state index >= 15 is 0 Å². The van der Waals surface area contributed by atoms with Crippen molar-refractivity contribution in [3.63, 3.8) is 0 Å². The van der Waals surface area contributed by atoms with Crippen LogP contribution in [0.4, 0.5) is 0 Å².